The summed E-state index contributed by atoms with van der Waals surface area (Å²) in [6.45, 7) is 0.227. The molecule has 0 aliphatic heterocycles. The maximum atomic E-state index is 9.00. The molecular formula is C16H11Cl2N5OS. The van der Waals surface area contributed by atoms with Crippen molar-refractivity contribution in [2.75, 3.05) is 0 Å². The molecule has 9 heteroatoms. The highest BCUT2D eigenvalue weighted by molar-refractivity contribution is 7.99. The van der Waals surface area contributed by atoms with Crippen LogP contribution in [0.15, 0.2) is 46.6 Å². The van der Waals surface area contributed by atoms with E-state index in [-0.39, 0.29) is 12.3 Å². The van der Waals surface area contributed by atoms with E-state index in [1.54, 1.807) is 28.8 Å². The number of hydrogen-bond acceptors (Lipinski definition) is 6. The zero-order valence-corrected chi connectivity index (χ0v) is 15.3. The fourth-order valence-electron chi connectivity index (χ4n) is 1.92. The van der Waals surface area contributed by atoms with E-state index in [9.17, 15) is 0 Å². The number of halogens is 2. The standard InChI is InChI=1S/C16H11Cl2N5OS/c1-23-14(9-24-13-5-3-2-4-11(13)18)21-22-16(23)25-15-7-6-10(17)12(8-19)20-15/h2-7H,9H2,1H3. The SMILES string of the molecule is Cn1c(COc2ccccc2Cl)nnc1Sc1ccc(Cl)c(C#N)n1. The van der Waals surface area contributed by atoms with Gasteiger partial charge in [-0.25, -0.2) is 4.98 Å². The van der Waals surface area contributed by atoms with Gasteiger partial charge in [-0.15, -0.1) is 10.2 Å². The number of benzene rings is 1. The second-order valence-corrected chi connectivity index (χ2v) is 6.67. The van der Waals surface area contributed by atoms with Gasteiger partial charge >= 0.3 is 0 Å². The molecule has 0 aliphatic rings. The number of pyridine rings is 1. The number of rotatable bonds is 5. The largest absolute Gasteiger partial charge is 0.484 e. The third-order valence-electron chi connectivity index (χ3n) is 3.24. The van der Waals surface area contributed by atoms with Crippen molar-refractivity contribution in [1.82, 2.24) is 19.7 Å². The van der Waals surface area contributed by atoms with E-state index in [2.05, 4.69) is 15.2 Å². The number of aromatic nitrogens is 4. The fraction of sp³-hybridized carbons (Fsp3) is 0.125. The third kappa shape index (κ3) is 4.04. The van der Waals surface area contributed by atoms with Crippen LogP contribution in [-0.2, 0) is 13.7 Å². The van der Waals surface area contributed by atoms with Gasteiger partial charge < -0.3 is 9.30 Å². The number of ether oxygens (including phenoxy) is 1. The van der Waals surface area contributed by atoms with E-state index in [1.165, 1.54) is 11.8 Å². The Hall–Kier alpha value is -2.27. The second kappa shape index (κ2) is 7.74. The normalized spacial score (nSPS) is 10.5. The summed E-state index contributed by atoms with van der Waals surface area (Å²) in [4.78, 5) is 4.18. The van der Waals surface area contributed by atoms with Crippen molar-refractivity contribution in [2.24, 2.45) is 7.05 Å². The summed E-state index contributed by atoms with van der Waals surface area (Å²) in [6.07, 6.45) is 0. The zero-order valence-electron chi connectivity index (χ0n) is 13.0. The predicted molar refractivity (Wildman–Crippen MR) is 94.9 cm³/mol. The van der Waals surface area contributed by atoms with Gasteiger partial charge in [-0.3, -0.25) is 0 Å². The van der Waals surface area contributed by atoms with Crippen molar-refractivity contribution in [1.29, 1.82) is 5.26 Å². The maximum Gasteiger partial charge on any atom is 0.197 e. The van der Waals surface area contributed by atoms with Crippen LogP contribution in [0, 0.1) is 11.3 Å². The van der Waals surface area contributed by atoms with Gasteiger partial charge in [0.2, 0.25) is 0 Å². The van der Waals surface area contributed by atoms with Crippen LogP contribution in [0.5, 0.6) is 5.75 Å². The lowest BCUT2D eigenvalue weighted by Gasteiger charge is -2.07. The molecule has 2 aromatic heterocycles. The zero-order chi connectivity index (χ0) is 17.8. The summed E-state index contributed by atoms with van der Waals surface area (Å²) < 4.78 is 7.47. The van der Waals surface area contributed by atoms with Gasteiger partial charge in [0.05, 0.1) is 10.0 Å². The molecule has 2 heterocycles. The summed E-state index contributed by atoms with van der Waals surface area (Å²) in [5.41, 5.74) is 0.177. The number of hydrogen-bond donors (Lipinski definition) is 0. The molecule has 25 heavy (non-hydrogen) atoms. The Bertz CT molecular complexity index is 954. The number of nitrogens with zero attached hydrogens (tertiary/aromatic N) is 5. The first-order chi connectivity index (χ1) is 12.1. The molecule has 0 spiro atoms. The van der Waals surface area contributed by atoms with Crippen LogP contribution in [-0.4, -0.2) is 19.7 Å². The first kappa shape index (κ1) is 17.5. The lowest BCUT2D eigenvalue weighted by molar-refractivity contribution is 0.290. The van der Waals surface area contributed by atoms with Crippen LogP contribution >= 0.6 is 35.0 Å². The molecule has 0 saturated heterocycles. The molecule has 3 rings (SSSR count). The lowest BCUT2D eigenvalue weighted by Crippen LogP contribution is -2.04. The van der Waals surface area contributed by atoms with E-state index in [4.69, 9.17) is 33.2 Å². The van der Waals surface area contributed by atoms with Crippen molar-refractivity contribution in [3.05, 3.63) is 58.0 Å². The molecule has 126 valence electrons. The summed E-state index contributed by atoms with van der Waals surface area (Å²) in [6, 6.07) is 12.5. The Morgan fingerprint density at radius 2 is 1.96 bits per heavy atom. The quantitative estimate of drug-likeness (QED) is 0.650. The molecule has 0 amide bonds. The molecule has 3 aromatic rings. The predicted octanol–water partition coefficient (Wildman–Crippen LogP) is 4.12. The monoisotopic (exact) mass is 391 g/mol. The summed E-state index contributed by atoms with van der Waals surface area (Å²) in [5, 5.41) is 19.3. The highest BCUT2D eigenvalue weighted by Gasteiger charge is 2.13. The molecule has 0 atom stereocenters. The van der Waals surface area contributed by atoms with Gasteiger partial charge in [0.25, 0.3) is 0 Å². The molecule has 0 N–H and O–H groups in total. The van der Waals surface area contributed by atoms with Crippen LogP contribution in [0.4, 0.5) is 0 Å². The Morgan fingerprint density at radius 3 is 2.72 bits per heavy atom. The average Bonchev–Trinajstić information content (AvgIpc) is 2.96. The molecule has 0 saturated carbocycles. The maximum absolute atomic E-state index is 9.00. The first-order valence-electron chi connectivity index (χ1n) is 7.08. The Labute approximate surface area is 158 Å². The highest BCUT2D eigenvalue weighted by atomic mass is 35.5. The van der Waals surface area contributed by atoms with Crippen LogP contribution in [0.25, 0.3) is 0 Å². The minimum Gasteiger partial charge on any atom is -0.484 e. The fourth-order valence-corrected chi connectivity index (χ4v) is 3.04. The summed E-state index contributed by atoms with van der Waals surface area (Å²) in [7, 11) is 1.83. The van der Waals surface area contributed by atoms with E-state index < -0.39 is 0 Å². The Morgan fingerprint density at radius 1 is 1.16 bits per heavy atom. The van der Waals surface area contributed by atoms with Gasteiger partial charge in [0, 0.05) is 7.05 Å². The Balaban J connectivity index is 1.73. The van der Waals surface area contributed by atoms with Crippen LogP contribution in [0.2, 0.25) is 10.0 Å². The minimum atomic E-state index is 0.177. The second-order valence-electron chi connectivity index (χ2n) is 4.87. The van der Waals surface area contributed by atoms with Crippen molar-refractivity contribution in [3.8, 4) is 11.8 Å². The molecule has 0 fully saturated rings. The summed E-state index contributed by atoms with van der Waals surface area (Å²) in [5.74, 6) is 1.22. The third-order valence-corrected chi connectivity index (χ3v) is 4.83. The number of para-hydroxylation sites is 1. The van der Waals surface area contributed by atoms with Crippen molar-refractivity contribution in [3.63, 3.8) is 0 Å². The average molecular weight is 392 g/mol. The topological polar surface area (TPSA) is 76.6 Å². The Kier molecular flexibility index (Phi) is 5.43. The molecule has 0 aliphatic carbocycles. The van der Waals surface area contributed by atoms with Gasteiger partial charge in [-0.2, -0.15) is 5.26 Å². The van der Waals surface area contributed by atoms with Gasteiger partial charge in [0.15, 0.2) is 16.7 Å². The van der Waals surface area contributed by atoms with Crippen LogP contribution in [0.3, 0.4) is 0 Å². The lowest BCUT2D eigenvalue weighted by atomic mass is 10.3. The van der Waals surface area contributed by atoms with Crippen molar-refractivity contribution >= 4 is 35.0 Å². The van der Waals surface area contributed by atoms with E-state index >= 15 is 0 Å². The van der Waals surface area contributed by atoms with Crippen LogP contribution < -0.4 is 4.74 Å². The highest BCUT2D eigenvalue weighted by Crippen LogP contribution is 2.27. The molecular weight excluding hydrogens is 381 g/mol. The summed E-state index contributed by atoms with van der Waals surface area (Å²) >= 11 is 13.2. The smallest absolute Gasteiger partial charge is 0.197 e. The molecule has 0 unspecified atom stereocenters. The molecule has 0 radical (unpaired) electrons. The van der Waals surface area contributed by atoms with Gasteiger partial charge in [0.1, 0.15) is 23.5 Å². The van der Waals surface area contributed by atoms with E-state index in [0.717, 1.165) is 0 Å². The van der Waals surface area contributed by atoms with E-state index in [0.29, 0.717) is 31.8 Å². The molecule has 6 nitrogen and oxygen atoms in total. The van der Waals surface area contributed by atoms with Crippen LogP contribution in [0.1, 0.15) is 11.5 Å². The van der Waals surface area contributed by atoms with Crippen molar-refractivity contribution < 1.29 is 4.74 Å². The molecule has 0 bridgehead atoms. The van der Waals surface area contributed by atoms with Gasteiger partial charge in [-0.1, -0.05) is 35.3 Å². The van der Waals surface area contributed by atoms with Crippen molar-refractivity contribution in [2.45, 2.75) is 16.8 Å². The van der Waals surface area contributed by atoms with E-state index in [1.807, 2.05) is 25.2 Å². The first-order valence-corrected chi connectivity index (χ1v) is 8.66. The van der Waals surface area contributed by atoms with Gasteiger partial charge in [-0.05, 0) is 36.0 Å². The molecule has 1 aromatic carbocycles. The minimum absolute atomic E-state index is 0.177. The number of nitriles is 1.